The molecule has 8 aromatic rings. The van der Waals surface area contributed by atoms with Crippen molar-refractivity contribution in [2.24, 2.45) is 0 Å². The van der Waals surface area contributed by atoms with E-state index in [0.29, 0.717) is 0 Å². The molecule has 0 saturated carbocycles. The topological polar surface area (TPSA) is 40.8 Å². The Morgan fingerprint density at radius 1 is 0.525 bits per heavy atom. The van der Waals surface area contributed by atoms with Crippen molar-refractivity contribution in [1.29, 1.82) is 0 Å². The van der Waals surface area contributed by atoms with Gasteiger partial charge in [-0.1, -0.05) is 78.9 Å². The van der Waals surface area contributed by atoms with Crippen molar-refractivity contribution in [2.45, 2.75) is 12.8 Å². The van der Waals surface area contributed by atoms with E-state index in [2.05, 4.69) is 130 Å². The molecule has 0 saturated heterocycles. The minimum Gasteiger partial charge on any atom is -0.338 e. The van der Waals surface area contributed by atoms with Gasteiger partial charge < -0.3 is 15.0 Å². The molecule has 190 valence electrons. The maximum atomic E-state index is 7.23. The predicted molar refractivity (Wildman–Crippen MR) is 168 cm³/mol. The maximum Gasteiger partial charge on any atom is 0.0950 e. The average molecular weight is 515 g/mol. The van der Waals surface area contributed by atoms with E-state index in [4.69, 9.17) is 5.84 Å². The number of rotatable bonds is 2. The first-order valence-corrected chi connectivity index (χ1v) is 13.9. The highest BCUT2D eigenvalue weighted by Crippen LogP contribution is 2.44. The fourth-order valence-corrected chi connectivity index (χ4v) is 7.09. The summed E-state index contributed by atoms with van der Waals surface area (Å²) in [4.78, 5) is 0. The van der Waals surface area contributed by atoms with E-state index in [9.17, 15) is 0 Å². The SMILES string of the molecule is Nn1c2c(ccc3c2c2c(n3-c3ccccc3)CCC=C2)c2ccc3c4ccccc4n(-c4ccccc4)c3c21. The van der Waals surface area contributed by atoms with E-state index in [1.807, 2.05) is 4.68 Å². The smallest absolute Gasteiger partial charge is 0.0950 e. The van der Waals surface area contributed by atoms with E-state index in [0.717, 1.165) is 35.1 Å². The Balaban J connectivity index is 1.50. The molecule has 0 atom stereocenters. The molecule has 3 aromatic heterocycles. The van der Waals surface area contributed by atoms with Crippen molar-refractivity contribution >= 4 is 60.6 Å². The lowest BCUT2D eigenvalue weighted by atomic mass is 10.0. The van der Waals surface area contributed by atoms with E-state index in [-0.39, 0.29) is 0 Å². The van der Waals surface area contributed by atoms with E-state index >= 15 is 0 Å². The highest BCUT2D eigenvalue weighted by atomic mass is 15.3. The van der Waals surface area contributed by atoms with Crippen LogP contribution in [0.3, 0.4) is 0 Å². The fraction of sp³-hybridized carbons (Fsp3) is 0.0556. The van der Waals surface area contributed by atoms with Crippen molar-refractivity contribution in [3.05, 3.63) is 127 Å². The molecule has 0 unspecified atom stereocenters. The van der Waals surface area contributed by atoms with Gasteiger partial charge in [-0.05, 0) is 55.3 Å². The summed E-state index contributed by atoms with van der Waals surface area (Å²) in [7, 11) is 0. The molecule has 9 rings (SSSR count). The highest BCUT2D eigenvalue weighted by Gasteiger charge is 2.25. The van der Waals surface area contributed by atoms with Crippen LogP contribution in [0.5, 0.6) is 0 Å². The molecule has 1 aliphatic carbocycles. The number of nitrogens with two attached hydrogens (primary N) is 1. The van der Waals surface area contributed by atoms with E-state index < -0.39 is 0 Å². The van der Waals surface area contributed by atoms with Crippen molar-refractivity contribution < 1.29 is 0 Å². The molecule has 5 aromatic carbocycles. The van der Waals surface area contributed by atoms with Crippen LogP contribution < -0.4 is 5.84 Å². The minimum absolute atomic E-state index is 1.01. The van der Waals surface area contributed by atoms with Crippen LogP contribution in [0.25, 0.3) is 72.0 Å². The Labute approximate surface area is 230 Å². The van der Waals surface area contributed by atoms with E-state index in [1.165, 1.54) is 54.9 Å². The fourth-order valence-electron chi connectivity index (χ4n) is 7.09. The van der Waals surface area contributed by atoms with Crippen LogP contribution in [0.15, 0.2) is 115 Å². The van der Waals surface area contributed by atoms with Crippen LogP contribution in [0.2, 0.25) is 0 Å². The molecule has 0 fully saturated rings. The molecule has 2 N–H and O–H groups in total. The number of aromatic nitrogens is 3. The number of nitrogens with zero attached hydrogens (tertiary/aromatic N) is 3. The zero-order valence-corrected chi connectivity index (χ0v) is 21.9. The number of allylic oxidation sites excluding steroid dienone is 1. The third kappa shape index (κ3) is 2.70. The quantitative estimate of drug-likeness (QED) is 0.231. The van der Waals surface area contributed by atoms with Crippen molar-refractivity contribution in [1.82, 2.24) is 13.8 Å². The summed E-state index contributed by atoms with van der Waals surface area (Å²) in [5, 5.41) is 6.02. The van der Waals surface area contributed by atoms with Crippen LogP contribution in [-0.2, 0) is 6.42 Å². The molecule has 0 aliphatic heterocycles. The number of fused-ring (bicyclic) bond motifs is 11. The van der Waals surface area contributed by atoms with E-state index in [1.54, 1.807) is 0 Å². The van der Waals surface area contributed by atoms with Gasteiger partial charge >= 0.3 is 0 Å². The zero-order valence-electron chi connectivity index (χ0n) is 21.9. The van der Waals surface area contributed by atoms with Crippen LogP contribution in [-0.4, -0.2) is 13.8 Å². The number of hydrogen-bond acceptors (Lipinski definition) is 1. The molecular formula is C36H26N4. The van der Waals surface area contributed by atoms with Gasteiger partial charge in [0.1, 0.15) is 0 Å². The highest BCUT2D eigenvalue weighted by molar-refractivity contribution is 6.27. The van der Waals surface area contributed by atoms with Gasteiger partial charge in [-0.3, -0.25) is 4.68 Å². The second-order valence-corrected chi connectivity index (χ2v) is 10.7. The standard InChI is InChI=1S/C36H26N4/c37-40-34-27(21-22-32-33(34)29-16-8-10-18-31(29)38(32)23-11-3-1-4-12-23)28-20-19-26-25-15-7-9-17-30(25)39(35(26)36(28)40)24-13-5-2-6-14-24/h1-9,11-17,19-22H,10,18,37H2. The van der Waals surface area contributed by atoms with Gasteiger partial charge in [0, 0.05) is 49.6 Å². The summed E-state index contributed by atoms with van der Waals surface area (Å²) in [6.45, 7) is 0. The third-order valence-corrected chi connectivity index (χ3v) is 8.69. The summed E-state index contributed by atoms with van der Waals surface area (Å²) in [5.41, 5.74) is 10.6. The van der Waals surface area contributed by atoms with Crippen LogP contribution >= 0.6 is 0 Å². The third-order valence-electron chi connectivity index (χ3n) is 8.69. The van der Waals surface area contributed by atoms with Crippen molar-refractivity contribution in [2.75, 3.05) is 5.84 Å². The lowest BCUT2D eigenvalue weighted by Gasteiger charge is -2.13. The van der Waals surface area contributed by atoms with Gasteiger partial charge in [-0.25, -0.2) is 0 Å². The van der Waals surface area contributed by atoms with Gasteiger partial charge in [-0.2, -0.15) is 0 Å². The molecule has 1 aliphatic rings. The molecule has 3 heterocycles. The Morgan fingerprint density at radius 2 is 1.15 bits per heavy atom. The number of hydrogen-bond donors (Lipinski definition) is 1. The second kappa shape index (κ2) is 7.90. The van der Waals surface area contributed by atoms with Crippen molar-refractivity contribution in [3.63, 3.8) is 0 Å². The second-order valence-electron chi connectivity index (χ2n) is 10.7. The molecule has 4 nitrogen and oxygen atoms in total. The number of nitrogen functional groups attached to an aromatic ring is 1. The molecule has 0 bridgehead atoms. The summed E-state index contributed by atoms with van der Waals surface area (Å²) in [6.07, 6.45) is 6.65. The number of benzene rings is 5. The van der Waals surface area contributed by atoms with Gasteiger partial charge in [0.2, 0.25) is 0 Å². The summed E-state index contributed by atoms with van der Waals surface area (Å²) in [6, 6.07) is 39.0. The molecular weight excluding hydrogens is 488 g/mol. The van der Waals surface area contributed by atoms with Gasteiger partial charge in [0.25, 0.3) is 0 Å². The predicted octanol–water partition coefficient (Wildman–Crippen LogP) is 8.51. The van der Waals surface area contributed by atoms with Gasteiger partial charge in [0.05, 0.1) is 27.6 Å². The van der Waals surface area contributed by atoms with Crippen LogP contribution in [0, 0.1) is 0 Å². The van der Waals surface area contributed by atoms with Crippen LogP contribution in [0.1, 0.15) is 17.7 Å². The van der Waals surface area contributed by atoms with Gasteiger partial charge in [-0.15, -0.1) is 0 Å². The Morgan fingerprint density at radius 3 is 1.93 bits per heavy atom. The lowest BCUT2D eigenvalue weighted by Crippen LogP contribution is -2.08. The molecule has 0 spiro atoms. The Hall–Kier alpha value is -5.22. The van der Waals surface area contributed by atoms with Crippen molar-refractivity contribution in [3.8, 4) is 11.4 Å². The first kappa shape index (κ1) is 21.7. The monoisotopic (exact) mass is 514 g/mol. The lowest BCUT2D eigenvalue weighted by molar-refractivity contribution is 0.888. The Bertz CT molecular complexity index is 2310. The first-order chi connectivity index (χ1) is 19.8. The minimum atomic E-state index is 1.01. The number of para-hydroxylation sites is 3. The summed E-state index contributed by atoms with van der Waals surface area (Å²) < 4.78 is 6.77. The summed E-state index contributed by atoms with van der Waals surface area (Å²) in [5.74, 6) is 7.23. The molecule has 0 radical (unpaired) electrons. The normalized spacial score (nSPS) is 13.3. The summed E-state index contributed by atoms with van der Waals surface area (Å²) >= 11 is 0. The maximum absolute atomic E-state index is 7.23. The first-order valence-electron chi connectivity index (χ1n) is 13.9. The van der Waals surface area contributed by atoms with Gasteiger partial charge in [0.15, 0.2) is 0 Å². The molecule has 40 heavy (non-hydrogen) atoms. The molecule has 0 amide bonds. The van der Waals surface area contributed by atoms with Crippen LogP contribution in [0.4, 0.5) is 0 Å². The molecule has 4 heteroatoms. The largest absolute Gasteiger partial charge is 0.338 e. The zero-order chi connectivity index (χ0) is 26.4. The average Bonchev–Trinajstić information content (AvgIpc) is 3.63. The Kier molecular flexibility index (Phi) is 4.28.